The molecule has 1 aliphatic heterocycles. The maximum Gasteiger partial charge on any atom is 0.323 e. The van der Waals surface area contributed by atoms with E-state index in [1.54, 1.807) is 18.2 Å². The van der Waals surface area contributed by atoms with Gasteiger partial charge in [0, 0.05) is 25.1 Å². The van der Waals surface area contributed by atoms with Gasteiger partial charge in [-0.15, -0.1) is 0 Å². The predicted octanol–water partition coefficient (Wildman–Crippen LogP) is 0.126. The Kier molecular flexibility index (Phi) is 4.05. The van der Waals surface area contributed by atoms with E-state index >= 15 is 0 Å². The van der Waals surface area contributed by atoms with Gasteiger partial charge in [-0.2, -0.15) is 0 Å². The van der Waals surface area contributed by atoms with Crippen LogP contribution in [0.25, 0.3) is 0 Å². The van der Waals surface area contributed by atoms with Crippen LogP contribution >= 0.6 is 0 Å². The molecule has 0 aliphatic carbocycles. The van der Waals surface area contributed by atoms with Crippen LogP contribution in [0.3, 0.4) is 0 Å². The lowest BCUT2D eigenvalue weighted by molar-refractivity contribution is -0.142. The first-order chi connectivity index (χ1) is 7.15. The molecular formula is C10H13NO4. The van der Waals surface area contributed by atoms with Gasteiger partial charge in [0.1, 0.15) is 6.54 Å². The van der Waals surface area contributed by atoms with E-state index < -0.39 is 5.97 Å². The number of rotatable bonds is 4. The molecular weight excluding hydrogens is 198 g/mol. The summed E-state index contributed by atoms with van der Waals surface area (Å²) >= 11 is 0. The topological polar surface area (TPSA) is 77.8 Å². The van der Waals surface area contributed by atoms with Crippen molar-refractivity contribution in [2.75, 3.05) is 13.2 Å². The molecule has 1 amide bonds. The molecule has 0 radical (unpaired) electrons. The average molecular weight is 211 g/mol. The Bertz CT molecular complexity index is 319. The number of aliphatic carboxylic acids is 1. The molecule has 0 aromatic heterocycles. The highest BCUT2D eigenvalue weighted by Crippen LogP contribution is 2.14. The summed E-state index contributed by atoms with van der Waals surface area (Å²) in [5.74, 6) is -1.32. The fourth-order valence-electron chi connectivity index (χ4n) is 1.37. The van der Waals surface area contributed by atoms with Crippen molar-refractivity contribution in [2.45, 2.75) is 12.8 Å². The van der Waals surface area contributed by atoms with E-state index in [-0.39, 0.29) is 31.9 Å². The van der Waals surface area contributed by atoms with Crippen molar-refractivity contribution in [3.63, 3.8) is 0 Å². The molecule has 5 heteroatoms. The van der Waals surface area contributed by atoms with Crippen LogP contribution in [0.4, 0.5) is 0 Å². The van der Waals surface area contributed by atoms with Gasteiger partial charge in [-0.1, -0.05) is 12.2 Å². The zero-order valence-corrected chi connectivity index (χ0v) is 8.22. The van der Waals surface area contributed by atoms with Crippen LogP contribution < -0.4 is 0 Å². The summed E-state index contributed by atoms with van der Waals surface area (Å²) < 4.78 is 0. The Hall–Kier alpha value is -1.62. The minimum atomic E-state index is -1.06. The Balaban J connectivity index is 2.84. The first-order valence-corrected chi connectivity index (χ1v) is 4.64. The van der Waals surface area contributed by atoms with E-state index in [9.17, 15) is 9.59 Å². The van der Waals surface area contributed by atoms with Crippen molar-refractivity contribution in [1.82, 2.24) is 4.90 Å². The summed E-state index contributed by atoms with van der Waals surface area (Å²) in [6.07, 6.45) is 5.50. The maximum absolute atomic E-state index is 11.5. The molecule has 0 fully saturated rings. The number of hydrogen-bond acceptors (Lipinski definition) is 3. The molecule has 0 bridgehead atoms. The number of allylic oxidation sites excluding steroid dienone is 2. The van der Waals surface area contributed by atoms with Crippen molar-refractivity contribution in [2.24, 2.45) is 0 Å². The quantitative estimate of drug-likeness (QED) is 0.692. The summed E-state index contributed by atoms with van der Waals surface area (Å²) in [6, 6.07) is 0. The van der Waals surface area contributed by atoms with Gasteiger partial charge in [0.25, 0.3) is 0 Å². The Labute approximate surface area is 87.3 Å². The molecule has 0 aromatic rings. The van der Waals surface area contributed by atoms with Gasteiger partial charge in [-0.05, 0) is 6.08 Å². The third-order valence-corrected chi connectivity index (χ3v) is 2.03. The summed E-state index contributed by atoms with van der Waals surface area (Å²) in [5.41, 5.74) is 0.540. The van der Waals surface area contributed by atoms with Crippen molar-refractivity contribution < 1.29 is 19.8 Å². The smallest absolute Gasteiger partial charge is 0.323 e. The van der Waals surface area contributed by atoms with E-state index in [1.807, 2.05) is 0 Å². The molecule has 82 valence electrons. The molecule has 1 heterocycles. The van der Waals surface area contributed by atoms with Crippen molar-refractivity contribution in [3.8, 4) is 0 Å². The van der Waals surface area contributed by atoms with Gasteiger partial charge in [0.15, 0.2) is 0 Å². The maximum atomic E-state index is 11.5. The number of amides is 1. The van der Waals surface area contributed by atoms with Crippen LogP contribution in [0.5, 0.6) is 0 Å². The van der Waals surface area contributed by atoms with Crippen LogP contribution in [-0.4, -0.2) is 40.1 Å². The van der Waals surface area contributed by atoms with Crippen LogP contribution in [-0.2, 0) is 9.59 Å². The molecule has 1 aliphatic rings. The molecule has 0 spiro atoms. The number of aliphatic hydroxyl groups excluding tert-OH is 1. The summed E-state index contributed by atoms with van der Waals surface area (Å²) in [4.78, 5) is 23.3. The third-order valence-electron chi connectivity index (χ3n) is 2.03. The summed E-state index contributed by atoms with van der Waals surface area (Å²) in [7, 11) is 0. The van der Waals surface area contributed by atoms with E-state index in [0.717, 1.165) is 0 Å². The minimum Gasteiger partial charge on any atom is -0.480 e. The van der Waals surface area contributed by atoms with Crippen molar-refractivity contribution in [3.05, 3.63) is 23.9 Å². The first-order valence-electron chi connectivity index (χ1n) is 4.64. The first kappa shape index (κ1) is 11.5. The number of carbonyl (C=O) groups is 2. The van der Waals surface area contributed by atoms with Gasteiger partial charge in [-0.3, -0.25) is 9.59 Å². The third kappa shape index (κ3) is 3.21. The van der Waals surface area contributed by atoms with Crippen molar-refractivity contribution in [1.29, 1.82) is 0 Å². The largest absolute Gasteiger partial charge is 0.480 e. The van der Waals surface area contributed by atoms with E-state index in [2.05, 4.69) is 0 Å². The minimum absolute atomic E-state index is 0.108. The summed E-state index contributed by atoms with van der Waals surface area (Å²) in [5, 5.41) is 17.5. The van der Waals surface area contributed by atoms with Crippen LogP contribution in [0, 0.1) is 0 Å². The normalized spacial score (nSPS) is 16.2. The van der Waals surface area contributed by atoms with Gasteiger partial charge in [0.2, 0.25) is 5.91 Å². The molecule has 2 N–H and O–H groups in total. The highest BCUT2D eigenvalue weighted by atomic mass is 16.4. The fourth-order valence-corrected chi connectivity index (χ4v) is 1.37. The number of aliphatic hydroxyl groups is 1. The lowest BCUT2D eigenvalue weighted by Gasteiger charge is -2.21. The molecule has 5 nitrogen and oxygen atoms in total. The standard InChI is InChI=1S/C10H13NO4/c12-6-5-8-3-1-2-4-9(13)11(8)7-10(14)15/h1-3,12H,4-7H2,(H,14,15). The van der Waals surface area contributed by atoms with E-state index in [0.29, 0.717) is 5.70 Å². The zero-order chi connectivity index (χ0) is 11.3. The average Bonchev–Trinajstić information content (AvgIpc) is 2.32. The Morgan fingerprint density at radius 2 is 2.27 bits per heavy atom. The van der Waals surface area contributed by atoms with Gasteiger partial charge < -0.3 is 15.1 Å². The van der Waals surface area contributed by atoms with Gasteiger partial charge in [0.05, 0.1) is 0 Å². The van der Waals surface area contributed by atoms with Crippen molar-refractivity contribution >= 4 is 11.9 Å². The van der Waals surface area contributed by atoms with E-state index in [4.69, 9.17) is 10.2 Å². The zero-order valence-electron chi connectivity index (χ0n) is 8.22. The van der Waals surface area contributed by atoms with E-state index in [1.165, 1.54) is 4.90 Å². The predicted molar refractivity (Wildman–Crippen MR) is 52.9 cm³/mol. The lowest BCUT2D eigenvalue weighted by Crippen LogP contribution is -2.34. The summed E-state index contributed by atoms with van der Waals surface area (Å²) in [6.45, 7) is -0.463. The van der Waals surface area contributed by atoms with Crippen LogP contribution in [0.2, 0.25) is 0 Å². The Morgan fingerprint density at radius 1 is 1.53 bits per heavy atom. The molecule has 0 saturated heterocycles. The lowest BCUT2D eigenvalue weighted by atomic mass is 10.2. The number of nitrogens with zero attached hydrogens (tertiary/aromatic N) is 1. The molecule has 0 unspecified atom stereocenters. The molecule has 0 atom stereocenters. The second-order valence-corrected chi connectivity index (χ2v) is 3.14. The molecule has 0 saturated carbocycles. The second kappa shape index (κ2) is 5.31. The number of carboxylic acid groups (broad SMARTS) is 1. The Morgan fingerprint density at radius 3 is 2.87 bits per heavy atom. The molecule has 15 heavy (non-hydrogen) atoms. The number of carbonyl (C=O) groups excluding carboxylic acids is 1. The van der Waals surface area contributed by atoms with Gasteiger partial charge in [-0.25, -0.2) is 0 Å². The fraction of sp³-hybridized carbons (Fsp3) is 0.400. The number of carboxylic acids is 1. The highest BCUT2D eigenvalue weighted by Gasteiger charge is 2.20. The van der Waals surface area contributed by atoms with Crippen LogP contribution in [0.1, 0.15) is 12.8 Å². The molecule has 1 rings (SSSR count). The monoisotopic (exact) mass is 211 g/mol. The second-order valence-electron chi connectivity index (χ2n) is 3.14. The van der Waals surface area contributed by atoms with Crippen LogP contribution in [0.15, 0.2) is 23.9 Å². The highest BCUT2D eigenvalue weighted by molar-refractivity contribution is 5.84. The molecule has 0 aromatic carbocycles. The SMILES string of the molecule is O=C(O)CN1C(=O)CC=CC=C1CCO. The number of hydrogen-bond donors (Lipinski definition) is 2. The van der Waals surface area contributed by atoms with Gasteiger partial charge >= 0.3 is 5.97 Å².